The van der Waals surface area contributed by atoms with E-state index in [1.54, 1.807) is 17.9 Å². The summed E-state index contributed by atoms with van der Waals surface area (Å²) in [7, 11) is -3.51. The molecule has 136 valence electrons. The first-order valence-electron chi connectivity index (χ1n) is 8.06. The predicted octanol–water partition coefficient (Wildman–Crippen LogP) is 2.72. The molecule has 1 amide bonds. The standard InChI is InChI=1S/C17H20Cl2N2O3S/c1-16(13-17(16,18)19)15(22)20-8-10-21(11-9-20)25(23,24)12-7-14-5-3-2-4-6-14/h2-7,12H,8-11,13H2,1H3. The van der Waals surface area contributed by atoms with E-state index < -0.39 is 19.8 Å². The van der Waals surface area contributed by atoms with Crippen molar-refractivity contribution in [2.75, 3.05) is 26.2 Å². The number of alkyl halides is 2. The van der Waals surface area contributed by atoms with Gasteiger partial charge < -0.3 is 4.90 Å². The summed E-state index contributed by atoms with van der Waals surface area (Å²) < 4.78 is 25.3. The zero-order chi connectivity index (χ0) is 18.3. The molecule has 1 aromatic carbocycles. The lowest BCUT2D eigenvalue weighted by molar-refractivity contribution is -0.137. The van der Waals surface area contributed by atoms with Crippen LogP contribution in [0, 0.1) is 5.41 Å². The fourth-order valence-corrected chi connectivity index (χ4v) is 4.81. The van der Waals surface area contributed by atoms with E-state index in [0.29, 0.717) is 19.5 Å². The number of carbonyl (C=O) groups excluding carboxylic acids is 1. The number of rotatable bonds is 4. The van der Waals surface area contributed by atoms with Gasteiger partial charge in [-0.1, -0.05) is 30.3 Å². The van der Waals surface area contributed by atoms with Crippen LogP contribution < -0.4 is 0 Å². The highest BCUT2D eigenvalue weighted by Crippen LogP contribution is 2.64. The van der Waals surface area contributed by atoms with Crippen LogP contribution in [-0.2, 0) is 14.8 Å². The molecule has 1 saturated carbocycles. The molecule has 0 radical (unpaired) electrons. The van der Waals surface area contributed by atoms with Crippen molar-refractivity contribution in [1.82, 2.24) is 9.21 Å². The monoisotopic (exact) mass is 402 g/mol. The van der Waals surface area contributed by atoms with Crippen molar-refractivity contribution in [3.8, 4) is 0 Å². The van der Waals surface area contributed by atoms with Crippen molar-refractivity contribution < 1.29 is 13.2 Å². The van der Waals surface area contributed by atoms with Crippen molar-refractivity contribution in [2.24, 2.45) is 5.41 Å². The molecule has 2 fully saturated rings. The molecular formula is C17H20Cl2N2O3S. The van der Waals surface area contributed by atoms with Crippen LogP contribution in [0.2, 0.25) is 0 Å². The summed E-state index contributed by atoms with van der Waals surface area (Å²) in [6.45, 7) is 2.97. The van der Waals surface area contributed by atoms with Gasteiger partial charge in [-0.2, -0.15) is 4.31 Å². The van der Waals surface area contributed by atoms with Crippen molar-refractivity contribution in [1.29, 1.82) is 0 Å². The Hall–Kier alpha value is -1.08. The molecule has 25 heavy (non-hydrogen) atoms. The second-order valence-corrected chi connectivity index (χ2v) is 9.97. The molecule has 2 aliphatic rings. The van der Waals surface area contributed by atoms with E-state index in [0.717, 1.165) is 5.56 Å². The Bertz CT molecular complexity index is 787. The molecule has 0 bridgehead atoms. The molecule has 1 aliphatic heterocycles. The van der Waals surface area contributed by atoms with Crippen LogP contribution in [0.4, 0.5) is 0 Å². The van der Waals surface area contributed by atoms with Gasteiger partial charge in [0.25, 0.3) is 0 Å². The van der Waals surface area contributed by atoms with Gasteiger partial charge in [-0.05, 0) is 25.0 Å². The van der Waals surface area contributed by atoms with E-state index in [4.69, 9.17) is 23.2 Å². The molecule has 1 heterocycles. The van der Waals surface area contributed by atoms with Gasteiger partial charge >= 0.3 is 0 Å². The maximum atomic E-state index is 12.5. The van der Waals surface area contributed by atoms with Gasteiger partial charge in [-0.25, -0.2) is 8.42 Å². The van der Waals surface area contributed by atoms with Crippen molar-refractivity contribution in [3.05, 3.63) is 41.3 Å². The van der Waals surface area contributed by atoms with Crippen LogP contribution in [0.1, 0.15) is 18.9 Å². The minimum absolute atomic E-state index is 0.102. The Morgan fingerprint density at radius 2 is 1.68 bits per heavy atom. The normalized spacial score (nSPS) is 26.8. The maximum Gasteiger partial charge on any atom is 0.236 e. The molecule has 0 aromatic heterocycles. The third-order valence-corrected chi connectivity index (χ3v) is 7.51. The minimum Gasteiger partial charge on any atom is -0.339 e. The summed E-state index contributed by atoms with van der Waals surface area (Å²) >= 11 is 12.1. The summed E-state index contributed by atoms with van der Waals surface area (Å²) in [4.78, 5) is 14.2. The number of benzene rings is 1. The summed E-state index contributed by atoms with van der Waals surface area (Å²) in [5, 5.41) is 1.21. The Labute approximate surface area is 158 Å². The quantitative estimate of drug-likeness (QED) is 0.727. The first kappa shape index (κ1) is 18.7. The van der Waals surface area contributed by atoms with Crippen molar-refractivity contribution >= 4 is 45.2 Å². The summed E-state index contributed by atoms with van der Waals surface area (Å²) in [5.41, 5.74) is 0.0618. The average Bonchev–Trinajstić information content (AvgIpc) is 3.13. The fraction of sp³-hybridized carbons (Fsp3) is 0.471. The van der Waals surface area contributed by atoms with Crippen molar-refractivity contribution in [2.45, 2.75) is 17.7 Å². The first-order valence-corrected chi connectivity index (χ1v) is 10.3. The fourth-order valence-electron chi connectivity index (χ4n) is 2.94. The van der Waals surface area contributed by atoms with Crippen LogP contribution in [0.15, 0.2) is 35.7 Å². The summed E-state index contributed by atoms with van der Waals surface area (Å²) in [6, 6.07) is 9.25. The predicted molar refractivity (Wildman–Crippen MR) is 99.7 cm³/mol. The number of carbonyl (C=O) groups is 1. The van der Waals surface area contributed by atoms with Crippen LogP contribution in [0.3, 0.4) is 0 Å². The van der Waals surface area contributed by atoms with E-state index in [9.17, 15) is 13.2 Å². The molecule has 0 N–H and O–H groups in total. The molecular weight excluding hydrogens is 383 g/mol. The zero-order valence-electron chi connectivity index (χ0n) is 13.9. The van der Waals surface area contributed by atoms with Gasteiger partial charge in [0.05, 0.1) is 5.41 Å². The number of nitrogens with zero attached hydrogens (tertiary/aromatic N) is 2. The molecule has 1 atom stereocenters. The molecule has 5 nitrogen and oxygen atoms in total. The second-order valence-electron chi connectivity index (χ2n) is 6.66. The van der Waals surface area contributed by atoms with Gasteiger partial charge in [-0.3, -0.25) is 4.79 Å². The third-order valence-electron chi connectivity index (χ3n) is 4.85. The number of hydrogen-bond acceptors (Lipinski definition) is 3. The van der Waals surface area contributed by atoms with Gasteiger partial charge in [0, 0.05) is 31.6 Å². The van der Waals surface area contributed by atoms with Crippen molar-refractivity contribution in [3.63, 3.8) is 0 Å². The second kappa shape index (κ2) is 6.58. The van der Waals surface area contributed by atoms with E-state index in [1.807, 2.05) is 30.3 Å². The molecule has 8 heteroatoms. The van der Waals surface area contributed by atoms with Gasteiger partial charge in [0.1, 0.15) is 4.33 Å². The highest BCUT2D eigenvalue weighted by Gasteiger charge is 2.68. The Morgan fingerprint density at radius 3 is 2.20 bits per heavy atom. The number of amides is 1. The van der Waals surface area contributed by atoms with Gasteiger partial charge in [-0.15, -0.1) is 23.2 Å². The number of piperazine rings is 1. The highest BCUT2D eigenvalue weighted by atomic mass is 35.5. The van der Waals surface area contributed by atoms with E-state index in [2.05, 4.69) is 0 Å². The lowest BCUT2D eigenvalue weighted by atomic mass is 10.1. The van der Waals surface area contributed by atoms with Gasteiger partial charge in [0.2, 0.25) is 15.9 Å². The molecule has 3 rings (SSSR count). The molecule has 1 aliphatic carbocycles. The van der Waals surface area contributed by atoms with Crippen LogP contribution in [-0.4, -0.2) is 54.0 Å². The topological polar surface area (TPSA) is 57.7 Å². The Morgan fingerprint density at radius 1 is 1.12 bits per heavy atom. The molecule has 1 saturated heterocycles. The Kier molecular flexibility index (Phi) is 4.92. The maximum absolute atomic E-state index is 12.5. The lowest BCUT2D eigenvalue weighted by Crippen LogP contribution is -2.52. The van der Waals surface area contributed by atoms with Gasteiger partial charge in [0.15, 0.2) is 0 Å². The largest absolute Gasteiger partial charge is 0.339 e. The Balaban J connectivity index is 1.60. The van der Waals surface area contributed by atoms with E-state index in [1.165, 1.54) is 9.71 Å². The van der Waals surface area contributed by atoms with Crippen LogP contribution in [0.25, 0.3) is 6.08 Å². The number of halogens is 2. The van der Waals surface area contributed by atoms with E-state index in [-0.39, 0.29) is 19.0 Å². The minimum atomic E-state index is -3.51. The highest BCUT2D eigenvalue weighted by molar-refractivity contribution is 7.92. The average molecular weight is 403 g/mol. The number of hydrogen-bond donors (Lipinski definition) is 0. The first-order chi connectivity index (χ1) is 11.7. The smallest absolute Gasteiger partial charge is 0.236 e. The third kappa shape index (κ3) is 3.72. The lowest BCUT2D eigenvalue weighted by Gasteiger charge is -2.35. The van der Waals surface area contributed by atoms with Crippen LogP contribution >= 0.6 is 23.2 Å². The van der Waals surface area contributed by atoms with Crippen LogP contribution in [0.5, 0.6) is 0 Å². The molecule has 1 unspecified atom stereocenters. The zero-order valence-corrected chi connectivity index (χ0v) is 16.2. The van der Waals surface area contributed by atoms with E-state index >= 15 is 0 Å². The molecule has 0 spiro atoms. The molecule has 1 aromatic rings. The summed E-state index contributed by atoms with van der Waals surface area (Å²) in [5.74, 6) is -0.102. The number of sulfonamides is 1. The SMILES string of the molecule is CC1(C(=O)N2CCN(S(=O)(=O)C=Cc3ccccc3)CC2)CC1(Cl)Cl. The summed E-state index contributed by atoms with van der Waals surface area (Å²) in [6.07, 6.45) is 2.01.